The van der Waals surface area contributed by atoms with Gasteiger partial charge in [0.15, 0.2) is 17.5 Å². The van der Waals surface area contributed by atoms with Crippen LogP contribution >= 0.6 is 0 Å². The average molecular weight is 688 g/mol. The van der Waals surface area contributed by atoms with Crippen molar-refractivity contribution >= 4 is 32.3 Å². The van der Waals surface area contributed by atoms with E-state index in [-0.39, 0.29) is 0 Å². The van der Waals surface area contributed by atoms with E-state index in [1.54, 1.807) is 0 Å². The predicted octanol–water partition coefficient (Wildman–Crippen LogP) is 13.3. The molecule has 252 valence electrons. The highest BCUT2D eigenvalue weighted by Gasteiger charge is 2.16. The molecule has 10 aromatic rings. The quantitative estimate of drug-likeness (QED) is 0.175. The third-order valence-corrected chi connectivity index (χ3v) is 10.3. The molecule has 0 aliphatic rings. The molecule has 0 bridgehead atoms. The Morgan fingerprint density at radius 1 is 0.222 bits per heavy atom. The molecule has 3 nitrogen and oxygen atoms in total. The van der Waals surface area contributed by atoms with E-state index in [9.17, 15) is 0 Å². The van der Waals surface area contributed by atoms with Gasteiger partial charge in [0, 0.05) is 16.7 Å². The van der Waals surface area contributed by atoms with Crippen LogP contribution in [0.2, 0.25) is 0 Å². The van der Waals surface area contributed by atoms with Gasteiger partial charge in [-0.25, -0.2) is 15.0 Å². The molecule has 3 heteroatoms. The molecule has 1 heterocycles. The van der Waals surface area contributed by atoms with Crippen LogP contribution in [0, 0.1) is 0 Å². The molecule has 0 unspecified atom stereocenters. The van der Waals surface area contributed by atoms with Gasteiger partial charge in [-0.2, -0.15) is 0 Å². The zero-order valence-electron chi connectivity index (χ0n) is 29.4. The minimum atomic E-state index is 0.630. The van der Waals surface area contributed by atoms with Gasteiger partial charge in [0.25, 0.3) is 0 Å². The monoisotopic (exact) mass is 687 g/mol. The van der Waals surface area contributed by atoms with Gasteiger partial charge >= 0.3 is 0 Å². The molecule has 9 aromatic carbocycles. The fourth-order valence-electron chi connectivity index (χ4n) is 7.64. The van der Waals surface area contributed by atoms with Crippen molar-refractivity contribution in [3.05, 3.63) is 200 Å². The summed E-state index contributed by atoms with van der Waals surface area (Å²) in [4.78, 5) is 15.5. The topological polar surface area (TPSA) is 38.7 Å². The van der Waals surface area contributed by atoms with E-state index in [4.69, 9.17) is 15.0 Å². The summed E-state index contributed by atoms with van der Waals surface area (Å²) in [7, 11) is 0. The Morgan fingerprint density at radius 2 is 0.648 bits per heavy atom. The SMILES string of the molecule is c1ccc(-c2ccc(-c3cccc(-c4nc(-c5cccc(-c6cccc7ccccc67)c5)nc(-c5ccc6ccccc6c5)n4)c3)c3ccccc23)cc1. The molecule has 1 aromatic heterocycles. The predicted molar refractivity (Wildman–Crippen MR) is 225 cm³/mol. The standard InChI is InChI=1S/C51H33N3/c1-2-14-35(15-3-1)45-29-30-46(48-25-9-8-24-47(45)48)39-20-11-22-41(33-39)50-52-49(53-51(54-50)42-28-27-34-13-4-5-17-37(34)31-42)40-21-10-19-38(32-40)44-26-12-18-36-16-6-7-23-43(36)44/h1-33H. The first-order valence-electron chi connectivity index (χ1n) is 18.3. The van der Waals surface area contributed by atoms with E-state index in [0.717, 1.165) is 33.2 Å². The Morgan fingerprint density at radius 3 is 1.30 bits per heavy atom. The second kappa shape index (κ2) is 13.4. The fourth-order valence-corrected chi connectivity index (χ4v) is 7.64. The van der Waals surface area contributed by atoms with E-state index in [1.165, 1.54) is 49.2 Å². The van der Waals surface area contributed by atoms with Crippen molar-refractivity contribution in [3.8, 4) is 67.5 Å². The van der Waals surface area contributed by atoms with Crippen LogP contribution in [0.15, 0.2) is 200 Å². The number of aromatic nitrogens is 3. The smallest absolute Gasteiger partial charge is 0.164 e. The maximum Gasteiger partial charge on any atom is 0.164 e. The lowest BCUT2D eigenvalue weighted by atomic mass is 9.91. The van der Waals surface area contributed by atoms with Gasteiger partial charge in [-0.1, -0.05) is 182 Å². The first-order chi connectivity index (χ1) is 26.7. The van der Waals surface area contributed by atoms with Crippen molar-refractivity contribution in [3.63, 3.8) is 0 Å². The highest BCUT2D eigenvalue weighted by atomic mass is 15.0. The van der Waals surface area contributed by atoms with Gasteiger partial charge in [0.05, 0.1) is 0 Å². The maximum atomic E-state index is 5.19. The Labute approximate surface area is 313 Å². The highest BCUT2D eigenvalue weighted by Crippen LogP contribution is 2.38. The summed E-state index contributed by atoms with van der Waals surface area (Å²) in [5.74, 6) is 1.90. The minimum absolute atomic E-state index is 0.630. The van der Waals surface area contributed by atoms with Crippen molar-refractivity contribution in [2.75, 3.05) is 0 Å². The number of hydrogen-bond acceptors (Lipinski definition) is 3. The van der Waals surface area contributed by atoms with Crippen LogP contribution in [0.4, 0.5) is 0 Å². The van der Waals surface area contributed by atoms with Crippen LogP contribution < -0.4 is 0 Å². The van der Waals surface area contributed by atoms with Crippen molar-refractivity contribution < 1.29 is 0 Å². The maximum absolute atomic E-state index is 5.19. The van der Waals surface area contributed by atoms with Gasteiger partial charge in [-0.3, -0.25) is 0 Å². The molecular weight excluding hydrogens is 655 g/mol. The molecule has 0 aliphatic heterocycles. The summed E-state index contributed by atoms with van der Waals surface area (Å²) in [6.07, 6.45) is 0. The van der Waals surface area contributed by atoms with Crippen LogP contribution in [-0.2, 0) is 0 Å². The zero-order valence-corrected chi connectivity index (χ0v) is 29.4. The molecule has 0 spiro atoms. The Kier molecular flexibility index (Phi) is 7.81. The number of benzene rings is 9. The van der Waals surface area contributed by atoms with Crippen LogP contribution in [0.3, 0.4) is 0 Å². The van der Waals surface area contributed by atoms with Gasteiger partial charge in [-0.15, -0.1) is 0 Å². The molecule has 0 fully saturated rings. The Bertz CT molecular complexity index is 3000. The summed E-state index contributed by atoms with van der Waals surface area (Å²) in [6, 6.07) is 70.6. The molecule has 0 N–H and O–H groups in total. The Hall–Kier alpha value is -7.23. The van der Waals surface area contributed by atoms with Crippen molar-refractivity contribution in [1.82, 2.24) is 15.0 Å². The number of fused-ring (bicyclic) bond motifs is 3. The largest absolute Gasteiger partial charge is 0.208 e. The zero-order chi connectivity index (χ0) is 35.8. The normalized spacial score (nSPS) is 11.3. The van der Waals surface area contributed by atoms with Crippen LogP contribution in [0.25, 0.3) is 99.9 Å². The molecule has 0 aliphatic carbocycles. The van der Waals surface area contributed by atoms with Crippen LogP contribution in [0.5, 0.6) is 0 Å². The highest BCUT2D eigenvalue weighted by molar-refractivity contribution is 6.05. The fraction of sp³-hybridized carbons (Fsp3) is 0. The number of nitrogens with zero attached hydrogens (tertiary/aromatic N) is 3. The van der Waals surface area contributed by atoms with Crippen LogP contribution in [0.1, 0.15) is 0 Å². The molecular formula is C51H33N3. The summed E-state index contributed by atoms with van der Waals surface area (Å²) >= 11 is 0. The lowest BCUT2D eigenvalue weighted by molar-refractivity contribution is 1.07. The molecule has 54 heavy (non-hydrogen) atoms. The lowest BCUT2D eigenvalue weighted by Crippen LogP contribution is -2.00. The van der Waals surface area contributed by atoms with E-state index in [1.807, 2.05) is 0 Å². The third-order valence-electron chi connectivity index (χ3n) is 10.3. The number of rotatable bonds is 6. The summed E-state index contributed by atoms with van der Waals surface area (Å²) < 4.78 is 0. The first-order valence-corrected chi connectivity index (χ1v) is 18.3. The minimum Gasteiger partial charge on any atom is -0.208 e. The van der Waals surface area contributed by atoms with Gasteiger partial charge in [0.1, 0.15) is 0 Å². The number of hydrogen-bond donors (Lipinski definition) is 0. The summed E-state index contributed by atoms with van der Waals surface area (Å²) in [5, 5.41) is 7.17. The molecule has 0 atom stereocenters. The molecule has 0 amide bonds. The van der Waals surface area contributed by atoms with Gasteiger partial charge in [0.2, 0.25) is 0 Å². The van der Waals surface area contributed by atoms with E-state index in [2.05, 4.69) is 200 Å². The molecule has 0 saturated heterocycles. The van der Waals surface area contributed by atoms with Gasteiger partial charge in [-0.05, 0) is 83.9 Å². The third kappa shape index (κ3) is 5.78. The van der Waals surface area contributed by atoms with Gasteiger partial charge < -0.3 is 0 Å². The summed E-state index contributed by atoms with van der Waals surface area (Å²) in [6.45, 7) is 0. The second-order valence-electron chi connectivity index (χ2n) is 13.6. The van der Waals surface area contributed by atoms with Crippen molar-refractivity contribution in [1.29, 1.82) is 0 Å². The van der Waals surface area contributed by atoms with Crippen molar-refractivity contribution in [2.45, 2.75) is 0 Å². The average Bonchev–Trinajstić information content (AvgIpc) is 3.26. The van der Waals surface area contributed by atoms with E-state index in [0.29, 0.717) is 17.5 Å². The van der Waals surface area contributed by atoms with Crippen LogP contribution in [-0.4, -0.2) is 15.0 Å². The second-order valence-corrected chi connectivity index (χ2v) is 13.6. The first kappa shape index (κ1) is 31.5. The molecule has 10 rings (SSSR count). The van der Waals surface area contributed by atoms with E-state index >= 15 is 0 Å². The van der Waals surface area contributed by atoms with Crippen molar-refractivity contribution in [2.24, 2.45) is 0 Å². The van der Waals surface area contributed by atoms with E-state index < -0.39 is 0 Å². The molecule has 0 saturated carbocycles. The molecule has 0 radical (unpaired) electrons. The Balaban J connectivity index is 1.13. The lowest BCUT2D eigenvalue weighted by Gasteiger charge is -2.14. The summed E-state index contributed by atoms with van der Waals surface area (Å²) in [5.41, 5.74) is 9.81.